The van der Waals surface area contributed by atoms with Gasteiger partial charge < -0.3 is 4.98 Å². The number of rotatable bonds is 3. The molecule has 0 saturated heterocycles. The van der Waals surface area contributed by atoms with Crippen molar-refractivity contribution in [2.75, 3.05) is 0 Å². The van der Waals surface area contributed by atoms with E-state index in [1.807, 2.05) is 24.4 Å². The third-order valence-corrected chi connectivity index (χ3v) is 4.78. The zero-order chi connectivity index (χ0) is 14.8. The van der Waals surface area contributed by atoms with Crippen LogP contribution in [-0.4, -0.2) is 10.8 Å². The number of hydrogen-bond acceptors (Lipinski definition) is 3. The number of nitrogens with one attached hydrogen (secondary N) is 1. The smallest absolute Gasteiger partial charge is 0.259 e. The Morgan fingerprint density at radius 2 is 2.05 bits per heavy atom. The van der Waals surface area contributed by atoms with Crippen LogP contribution in [0.25, 0.3) is 6.08 Å². The predicted molar refractivity (Wildman–Crippen MR) is 86.1 cm³/mol. The molecule has 21 heavy (non-hydrogen) atoms. The molecule has 0 atom stereocenters. The van der Waals surface area contributed by atoms with Crippen LogP contribution in [0.4, 0.5) is 0 Å². The van der Waals surface area contributed by atoms with Crippen molar-refractivity contribution in [3.8, 4) is 0 Å². The van der Waals surface area contributed by atoms with Crippen LogP contribution >= 0.6 is 11.3 Å². The van der Waals surface area contributed by atoms with Gasteiger partial charge in [0.2, 0.25) is 0 Å². The largest absolute Gasteiger partial charge is 0.326 e. The predicted octanol–water partition coefficient (Wildman–Crippen LogP) is 3.52. The second kappa shape index (κ2) is 5.82. The molecule has 2 heterocycles. The molecule has 0 spiro atoms. The Morgan fingerprint density at radius 3 is 2.76 bits per heavy atom. The maximum atomic E-state index is 12.4. The average molecular weight is 299 g/mol. The molecule has 0 aliphatic heterocycles. The molecule has 1 N–H and O–H groups in total. The highest BCUT2D eigenvalue weighted by molar-refractivity contribution is 7.10. The number of allylic oxidation sites excluding steroid dienone is 1. The SMILES string of the molecule is Cc1[nH]c(=O)c(C(=O)C=Cc2cccs2)c2c1CCCC2. The van der Waals surface area contributed by atoms with E-state index in [0.29, 0.717) is 5.56 Å². The zero-order valence-corrected chi connectivity index (χ0v) is 12.8. The summed E-state index contributed by atoms with van der Waals surface area (Å²) in [6.45, 7) is 1.92. The van der Waals surface area contributed by atoms with E-state index in [2.05, 4.69) is 4.98 Å². The molecule has 1 aliphatic carbocycles. The van der Waals surface area contributed by atoms with Gasteiger partial charge in [-0.1, -0.05) is 6.07 Å². The van der Waals surface area contributed by atoms with Crippen molar-refractivity contribution in [1.82, 2.24) is 4.98 Å². The molecular weight excluding hydrogens is 282 g/mol. The van der Waals surface area contributed by atoms with Crippen molar-refractivity contribution >= 4 is 23.2 Å². The monoisotopic (exact) mass is 299 g/mol. The summed E-state index contributed by atoms with van der Waals surface area (Å²) in [6, 6.07) is 3.89. The lowest BCUT2D eigenvalue weighted by molar-refractivity contribution is 0.104. The lowest BCUT2D eigenvalue weighted by Gasteiger charge is -2.19. The molecule has 0 radical (unpaired) electrons. The van der Waals surface area contributed by atoms with Crippen molar-refractivity contribution in [1.29, 1.82) is 0 Å². The molecule has 3 nitrogen and oxygen atoms in total. The van der Waals surface area contributed by atoms with Crippen molar-refractivity contribution in [2.45, 2.75) is 32.6 Å². The maximum absolute atomic E-state index is 12.4. The highest BCUT2D eigenvalue weighted by Gasteiger charge is 2.21. The highest BCUT2D eigenvalue weighted by atomic mass is 32.1. The molecule has 1 aliphatic rings. The lowest BCUT2D eigenvalue weighted by Crippen LogP contribution is -2.24. The van der Waals surface area contributed by atoms with Gasteiger partial charge in [0.05, 0.1) is 5.56 Å². The molecule has 0 aromatic carbocycles. The summed E-state index contributed by atoms with van der Waals surface area (Å²) >= 11 is 1.57. The van der Waals surface area contributed by atoms with Crippen LogP contribution in [0.15, 0.2) is 28.4 Å². The molecule has 4 heteroatoms. The van der Waals surface area contributed by atoms with Crippen LogP contribution in [0, 0.1) is 6.92 Å². The fourth-order valence-corrected chi connectivity index (χ4v) is 3.55. The quantitative estimate of drug-likeness (QED) is 0.696. The third kappa shape index (κ3) is 2.76. The fraction of sp³-hybridized carbons (Fsp3) is 0.294. The number of aryl methyl sites for hydroxylation is 1. The number of aromatic nitrogens is 1. The van der Waals surface area contributed by atoms with Crippen LogP contribution in [-0.2, 0) is 12.8 Å². The Kier molecular flexibility index (Phi) is 3.88. The summed E-state index contributed by atoms with van der Waals surface area (Å²) < 4.78 is 0. The van der Waals surface area contributed by atoms with Gasteiger partial charge in [-0.05, 0) is 67.3 Å². The van der Waals surface area contributed by atoms with E-state index in [1.54, 1.807) is 17.4 Å². The first-order chi connectivity index (χ1) is 10.2. The molecule has 108 valence electrons. The molecular formula is C17H17NO2S. The van der Waals surface area contributed by atoms with E-state index in [9.17, 15) is 9.59 Å². The normalized spacial score (nSPS) is 14.3. The van der Waals surface area contributed by atoms with Crippen LogP contribution in [0.2, 0.25) is 0 Å². The summed E-state index contributed by atoms with van der Waals surface area (Å²) in [5, 5.41) is 1.96. The van der Waals surface area contributed by atoms with E-state index < -0.39 is 0 Å². The Hall–Kier alpha value is -1.94. The fourth-order valence-electron chi connectivity index (χ4n) is 2.93. The minimum Gasteiger partial charge on any atom is -0.326 e. The van der Waals surface area contributed by atoms with Gasteiger partial charge in [0.1, 0.15) is 0 Å². The van der Waals surface area contributed by atoms with Crippen molar-refractivity contribution in [2.24, 2.45) is 0 Å². The molecule has 3 rings (SSSR count). The van der Waals surface area contributed by atoms with Crippen LogP contribution in [0.3, 0.4) is 0 Å². The van der Waals surface area contributed by atoms with Gasteiger partial charge >= 0.3 is 0 Å². The van der Waals surface area contributed by atoms with Crippen molar-refractivity contribution in [3.63, 3.8) is 0 Å². The summed E-state index contributed by atoms with van der Waals surface area (Å²) in [4.78, 5) is 28.5. The van der Waals surface area contributed by atoms with Gasteiger partial charge in [-0.2, -0.15) is 0 Å². The second-order valence-corrected chi connectivity index (χ2v) is 6.31. The van der Waals surface area contributed by atoms with E-state index in [1.165, 1.54) is 6.08 Å². The van der Waals surface area contributed by atoms with Gasteiger partial charge in [-0.3, -0.25) is 9.59 Å². The molecule has 0 unspecified atom stereocenters. The van der Waals surface area contributed by atoms with E-state index in [-0.39, 0.29) is 11.3 Å². The summed E-state index contributed by atoms with van der Waals surface area (Å²) in [5.74, 6) is -0.192. The summed E-state index contributed by atoms with van der Waals surface area (Å²) in [6.07, 6.45) is 7.24. The number of carbonyl (C=O) groups is 1. The van der Waals surface area contributed by atoms with Gasteiger partial charge in [0.25, 0.3) is 5.56 Å². The maximum Gasteiger partial charge on any atom is 0.259 e. The topological polar surface area (TPSA) is 49.9 Å². The van der Waals surface area contributed by atoms with Crippen LogP contribution < -0.4 is 5.56 Å². The number of aromatic amines is 1. The Morgan fingerprint density at radius 1 is 1.29 bits per heavy atom. The number of thiophene rings is 1. The van der Waals surface area contributed by atoms with Gasteiger partial charge in [-0.15, -0.1) is 11.3 Å². The first-order valence-corrected chi connectivity index (χ1v) is 8.05. The third-order valence-electron chi connectivity index (χ3n) is 3.94. The molecule has 0 amide bonds. The summed E-state index contributed by atoms with van der Waals surface area (Å²) in [7, 11) is 0. The molecule has 2 aromatic rings. The Bertz CT molecular complexity index is 754. The minimum absolute atomic E-state index is 0.192. The molecule has 0 bridgehead atoms. The molecule has 0 saturated carbocycles. The Balaban J connectivity index is 2.02. The first-order valence-electron chi connectivity index (χ1n) is 7.17. The van der Waals surface area contributed by atoms with E-state index in [0.717, 1.165) is 47.4 Å². The Labute approximate surface area is 127 Å². The van der Waals surface area contributed by atoms with E-state index >= 15 is 0 Å². The number of ketones is 1. The molecule has 0 fully saturated rings. The lowest BCUT2D eigenvalue weighted by atomic mass is 9.87. The number of fused-ring (bicyclic) bond motifs is 1. The summed E-state index contributed by atoms with van der Waals surface area (Å²) in [5.41, 5.74) is 3.11. The number of carbonyl (C=O) groups excluding carboxylic acids is 1. The highest BCUT2D eigenvalue weighted by Crippen LogP contribution is 2.25. The van der Waals surface area contributed by atoms with Crippen molar-refractivity contribution in [3.05, 3.63) is 61.2 Å². The average Bonchev–Trinajstić information content (AvgIpc) is 2.98. The molecule has 2 aromatic heterocycles. The number of pyridine rings is 1. The van der Waals surface area contributed by atoms with E-state index in [4.69, 9.17) is 0 Å². The van der Waals surface area contributed by atoms with Crippen molar-refractivity contribution < 1.29 is 4.79 Å². The number of hydrogen-bond donors (Lipinski definition) is 1. The second-order valence-electron chi connectivity index (χ2n) is 5.33. The van der Waals surface area contributed by atoms with Gasteiger partial charge in [0.15, 0.2) is 5.78 Å². The standard InChI is InChI=1S/C17H17NO2S/c1-11-13-6-2-3-7-14(13)16(17(20)18-11)15(19)9-8-12-5-4-10-21-12/h4-5,8-10H,2-3,6-7H2,1H3,(H,18,20). The first kappa shape index (κ1) is 14.0. The van der Waals surface area contributed by atoms with Gasteiger partial charge in [-0.25, -0.2) is 0 Å². The minimum atomic E-state index is -0.256. The zero-order valence-electron chi connectivity index (χ0n) is 11.9. The van der Waals surface area contributed by atoms with Crippen LogP contribution in [0.5, 0.6) is 0 Å². The number of H-pyrrole nitrogens is 1. The van der Waals surface area contributed by atoms with Gasteiger partial charge in [0, 0.05) is 10.6 Å². The van der Waals surface area contributed by atoms with Crippen LogP contribution in [0.1, 0.15) is 44.9 Å².